The lowest BCUT2D eigenvalue weighted by molar-refractivity contribution is -0.136. The molecule has 1 unspecified atom stereocenters. The predicted molar refractivity (Wildman–Crippen MR) is 94.6 cm³/mol. The van der Waals surface area contributed by atoms with Gasteiger partial charge in [0, 0.05) is 24.7 Å². The van der Waals surface area contributed by atoms with E-state index in [1.165, 1.54) is 0 Å². The first-order chi connectivity index (χ1) is 11.6. The summed E-state index contributed by atoms with van der Waals surface area (Å²) in [5, 5.41) is 2.96. The number of nitrogens with zero attached hydrogens (tertiary/aromatic N) is 2. The summed E-state index contributed by atoms with van der Waals surface area (Å²) < 4.78 is 0. The van der Waals surface area contributed by atoms with Crippen LogP contribution in [0.15, 0.2) is 30.3 Å². The van der Waals surface area contributed by atoms with Crippen LogP contribution in [0, 0.1) is 5.92 Å². The Hall–Kier alpha value is -1.88. The first-order valence-electron chi connectivity index (χ1n) is 9.04. The second-order valence-electron chi connectivity index (χ2n) is 6.87. The average Bonchev–Trinajstić information content (AvgIpc) is 3.16. The fourth-order valence-corrected chi connectivity index (χ4v) is 3.66. The molecule has 2 saturated heterocycles. The van der Waals surface area contributed by atoms with Crippen molar-refractivity contribution < 1.29 is 9.59 Å². The molecule has 1 atom stereocenters. The number of anilines is 1. The number of rotatable bonds is 4. The third-order valence-corrected chi connectivity index (χ3v) is 5.27. The van der Waals surface area contributed by atoms with Crippen molar-refractivity contribution in [3.05, 3.63) is 30.3 Å². The van der Waals surface area contributed by atoms with Crippen LogP contribution in [-0.2, 0) is 9.59 Å². The van der Waals surface area contributed by atoms with Crippen LogP contribution < -0.4 is 5.32 Å². The predicted octanol–water partition coefficient (Wildman–Crippen LogP) is 2.35. The van der Waals surface area contributed by atoms with E-state index in [4.69, 9.17) is 0 Å². The smallest absolute Gasteiger partial charge is 0.241 e. The molecule has 2 amide bonds. The summed E-state index contributed by atoms with van der Waals surface area (Å²) in [6.45, 7) is 5.42. The maximum atomic E-state index is 12.5. The zero-order chi connectivity index (χ0) is 16.9. The number of nitrogens with one attached hydrogen (secondary N) is 1. The third-order valence-electron chi connectivity index (χ3n) is 5.27. The number of piperidine rings is 1. The Morgan fingerprint density at radius 3 is 2.29 bits per heavy atom. The van der Waals surface area contributed by atoms with Crippen LogP contribution >= 0.6 is 0 Å². The van der Waals surface area contributed by atoms with Crippen LogP contribution in [0.4, 0.5) is 5.69 Å². The molecule has 1 aromatic rings. The summed E-state index contributed by atoms with van der Waals surface area (Å²) >= 11 is 0. The minimum atomic E-state index is -0.173. The topological polar surface area (TPSA) is 52.7 Å². The highest BCUT2D eigenvalue weighted by Gasteiger charge is 2.32. The van der Waals surface area contributed by atoms with Gasteiger partial charge in [-0.2, -0.15) is 0 Å². The van der Waals surface area contributed by atoms with Gasteiger partial charge in [0.15, 0.2) is 0 Å². The van der Waals surface area contributed by atoms with Gasteiger partial charge in [-0.05, 0) is 57.8 Å². The summed E-state index contributed by atoms with van der Waals surface area (Å²) in [7, 11) is 0. The average molecular weight is 329 g/mol. The van der Waals surface area contributed by atoms with Crippen LogP contribution in [-0.4, -0.2) is 53.8 Å². The molecular formula is C19H27N3O2. The highest BCUT2D eigenvalue weighted by molar-refractivity contribution is 5.94. The van der Waals surface area contributed by atoms with Crippen LogP contribution in [0.2, 0.25) is 0 Å². The van der Waals surface area contributed by atoms with E-state index < -0.39 is 0 Å². The fraction of sp³-hybridized carbons (Fsp3) is 0.579. The molecule has 0 aliphatic carbocycles. The molecule has 2 heterocycles. The third kappa shape index (κ3) is 3.96. The first-order valence-corrected chi connectivity index (χ1v) is 9.04. The zero-order valence-electron chi connectivity index (χ0n) is 14.4. The van der Waals surface area contributed by atoms with E-state index >= 15 is 0 Å². The molecule has 3 rings (SSSR count). The van der Waals surface area contributed by atoms with E-state index in [2.05, 4.69) is 10.2 Å². The van der Waals surface area contributed by atoms with Gasteiger partial charge in [0.25, 0.3) is 0 Å². The van der Waals surface area contributed by atoms with Crippen LogP contribution in [0.1, 0.15) is 32.6 Å². The number of hydrogen-bond donors (Lipinski definition) is 1. The Morgan fingerprint density at radius 2 is 1.67 bits per heavy atom. The van der Waals surface area contributed by atoms with Crippen molar-refractivity contribution in [1.29, 1.82) is 0 Å². The lowest BCUT2D eigenvalue weighted by Gasteiger charge is -2.36. The maximum absolute atomic E-state index is 12.5. The molecule has 0 aromatic heterocycles. The number of carbonyl (C=O) groups excluding carboxylic acids is 2. The Balaban J connectivity index is 1.48. The molecule has 1 aromatic carbocycles. The second kappa shape index (κ2) is 7.79. The lowest BCUT2D eigenvalue weighted by atomic mass is 9.94. The molecule has 0 saturated carbocycles. The lowest BCUT2D eigenvalue weighted by Crippen LogP contribution is -2.48. The summed E-state index contributed by atoms with van der Waals surface area (Å²) in [6, 6.07) is 9.37. The number of likely N-dealkylation sites (tertiary alicyclic amines) is 2. The summed E-state index contributed by atoms with van der Waals surface area (Å²) in [6.07, 6.45) is 4.00. The van der Waals surface area contributed by atoms with Crippen molar-refractivity contribution in [3.63, 3.8) is 0 Å². The molecule has 130 valence electrons. The van der Waals surface area contributed by atoms with Crippen molar-refractivity contribution in [2.75, 3.05) is 31.5 Å². The normalized spacial score (nSPS) is 20.8. The number of hydrogen-bond acceptors (Lipinski definition) is 3. The molecule has 2 fully saturated rings. The number of benzene rings is 1. The number of carbonyl (C=O) groups is 2. The molecule has 2 aliphatic heterocycles. The van der Waals surface area contributed by atoms with Gasteiger partial charge in [-0.1, -0.05) is 18.2 Å². The molecule has 1 N–H and O–H groups in total. The Bertz CT molecular complexity index is 561. The van der Waals surface area contributed by atoms with Gasteiger partial charge in [0.05, 0.1) is 6.04 Å². The highest BCUT2D eigenvalue weighted by atomic mass is 16.2. The largest absolute Gasteiger partial charge is 0.342 e. The van der Waals surface area contributed by atoms with E-state index in [0.717, 1.165) is 57.5 Å². The Morgan fingerprint density at radius 1 is 1.04 bits per heavy atom. The monoisotopic (exact) mass is 329 g/mol. The summed E-state index contributed by atoms with van der Waals surface area (Å²) in [5.74, 6) is 0.489. The van der Waals surface area contributed by atoms with Crippen LogP contribution in [0.25, 0.3) is 0 Å². The number of amides is 2. The van der Waals surface area contributed by atoms with Crippen LogP contribution in [0.5, 0.6) is 0 Å². The van der Waals surface area contributed by atoms with Crippen molar-refractivity contribution in [2.24, 2.45) is 5.92 Å². The van der Waals surface area contributed by atoms with Gasteiger partial charge in [-0.25, -0.2) is 0 Å². The number of para-hydroxylation sites is 1. The molecular weight excluding hydrogens is 302 g/mol. The zero-order valence-corrected chi connectivity index (χ0v) is 14.4. The minimum Gasteiger partial charge on any atom is -0.342 e. The van der Waals surface area contributed by atoms with E-state index in [1.807, 2.05) is 42.2 Å². The van der Waals surface area contributed by atoms with E-state index in [-0.39, 0.29) is 17.9 Å². The minimum absolute atomic E-state index is 0.0190. The molecule has 0 radical (unpaired) electrons. The fourth-order valence-electron chi connectivity index (χ4n) is 3.66. The van der Waals surface area contributed by atoms with Gasteiger partial charge in [-0.15, -0.1) is 0 Å². The quantitative estimate of drug-likeness (QED) is 0.922. The molecule has 5 nitrogen and oxygen atoms in total. The molecule has 2 aliphatic rings. The molecule has 0 bridgehead atoms. The second-order valence-corrected chi connectivity index (χ2v) is 6.87. The van der Waals surface area contributed by atoms with E-state index in [0.29, 0.717) is 5.91 Å². The van der Waals surface area contributed by atoms with Gasteiger partial charge < -0.3 is 10.2 Å². The van der Waals surface area contributed by atoms with E-state index in [1.54, 1.807) is 0 Å². The van der Waals surface area contributed by atoms with Gasteiger partial charge >= 0.3 is 0 Å². The summed E-state index contributed by atoms with van der Waals surface area (Å²) in [4.78, 5) is 29.1. The standard InChI is InChI=1S/C19H27N3O2/c1-15(18(23)20-17-7-3-2-4-8-17)21-13-9-16(10-14-21)19(24)22-11-5-6-12-22/h2-4,7-8,15-16H,5-6,9-14H2,1H3,(H,20,23). The summed E-state index contributed by atoms with van der Waals surface area (Å²) in [5.41, 5.74) is 0.827. The van der Waals surface area contributed by atoms with Crippen molar-refractivity contribution in [3.8, 4) is 0 Å². The van der Waals surface area contributed by atoms with Crippen molar-refractivity contribution >= 4 is 17.5 Å². The van der Waals surface area contributed by atoms with Crippen molar-refractivity contribution in [1.82, 2.24) is 9.80 Å². The first kappa shape index (κ1) is 17.0. The molecule has 5 heteroatoms. The Kier molecular flexibility index (Phi) is 5.51. The van der Waals surface area contributed by atoms with Crippen molar-refractivity contribution in [2.45, 2.75) is 38.6 Å². The SMILES string of the molecule is CC(C(=O)Nc1ccccc1)N1CCC(C(=O)N2CCCC2)CC1. The van der Waals surface area contributed by atoms with E-state index in [9.17, 15) is 9.59 Å². The molecule has 24 heavy (non-hydrogen) atoms. The van der Waals surface area contributed by atoms with Gasteiger partial charge in [0.2, 0.25) is 11.8 Å². The van der Waals surface area contributed by atoms with Gasteiger partial charge in [-0.3, -0.25) is 14.5 Å². The molecule has 0 spiro atoms. The maximum Gasteiger partial charge on any atom is 0.241 e. The Labute approximate surface area is 144 Å². The highest BCUT2D eigenvalue weighted by Crippen LogP contribution is 2.23. The van der Waals surface area contributed by atoms with Crippen LogP contribution in [0.3, 0.4) is 0 Å². The van der Waals surface area contributed by atoms with Gasteiger partial charge in [0.1, 0.15) is 0 Å².